The highest BCUT2D eigenvalue weighted by Gasteiger charge is 2.31. The maximum atomic E-state index is 12.7. The number of benzene rings is 3. The molecule has 0 saturated carbocycles. The second kappa shape index (κ2) is 10.2. The minimum absolute atomic E-state index is 0.0241. The van der Waals surface area contributed by atoms with Crippen molar-refractivity contribution in [3.05, 3.63) is 92.8 Å². The van der Waals surface area contributed by atoms with E-state index < -0.39 is 11.9 Å². The Labute approximate surface area is 212 Å². The fraction of sp³-hybridized carbons (Fsp3) is 0.154. The molecule has 1 aliphatic heterocycles. The van der Waals surface area contributed by atoms with Gasteiger partial charge in [0.25, 0.3) is 0 Å². The van der Waals surface area contributed by atoms with Crippen LogP contribution in [0.3, 0.4) is 0 Å². The number of nitrogens with two attached hydrogens (primary N) is 1. The van der Waals surface area contributed by atoms with E-state index in [1.807, 2.05) is 31.2 Å². The second-order valence-electron chi connectivity index (χ2n) is 7.49. The molecule has 9 heteroatoms. The fourth-order valence-corrected chi connectivity index (χ4v) is 4.47. The summed E-state index contributed by atoms with van der Waals surface area (Å²) < 4.78 is 21.9. The third-order valence-corrected chi connectivity index (χ3v) is 5.90. The van der Waals surface area contributed by atoms with Crippen molar-refractivity contribution in [2.24, 2.45) is 5.73 Å². The summed E-state index contributed by atoms with van der Waals surface area (Å²) in [7, 11) is 1.43. The van der Waals surface area contributed by atoms with Crippen molar-refractivity contribution in [1.82, 2.24) is 0 Å². The molecule has 0 radical (unpaired) electrons. The van der Waals surface area contributed by atoms with Crippen LogP contribution in [0.2, 0.25) is 10.0 Å². The smallest absolute Gasteiger partial charge is 0.343 e. The second-order valence-corrected chi connectivity index (χ2v) is 8.31. The van der Waals surface area contributed by atoms with E-state index in [1.54, 1.807) is 18.2 Å². The zero-order valence-electron chi connectivity index (χ0n) is 18.8. The lowest BCUT2D eigenvalue weighted by Crippen LogP contribution is -2.21. The Bertz CT molecular complexity index is 1360. The third-order valence-electron chi connectivity index (χ3n) is 5.34. The van der Waals surface area contributed by atoms with Crippen LogP contribution < -0.4 is 24.7 Å². The van der Waals surface area contributed by atoms with E-state index in [2.05, 4.69) is 6.07 Å². The van der Waals surface area contributed by atoms with Crippen molar-refractivity contribution in [1.29, 1.82) is 5.26 Å². The summed E-state index contributed by atoms with van der Waals surface area (Å²) in [5.74, 6) is 0.348. The van der Waals surface area contributed by atoms with Gasteiger partial charge in [-0.2, -0.15) is 5.26 Å². The van der Waals surface area contributed by atoms with Gasteiger partial charge in [-0.1, -0.05) is 41.4 Å². The van der Waals surface area contributed by atoms with Gasteiger partial charge in [-0.3, -0.25) is 0 Å². The molecule has 3 aromatic rings. The van der Waals surface area contributed by atoms with Crippen molar-refractivity contribution in [2.45, 2.75) is 12.8 Å². The van der Waals surface area contributed by atoms with Gasteiger partial charge in [0.2, 0.25) is 5.88 Å². The zero-order valence-corrected chi connectivity index (χ0v) is 20.3. The third kappa shape index (κ3) is 4.85. The highest BCUT2D eigenvalue weighted by molar-refractivity contribution is 6.37. The maximum Gasteiger partial charge on any atom is 0.343 e. The molecule has 1 heterocycles. The first kappa shape index (κ1) is 24.3. The predicted octanol–water partition coefficient (Wildman–Crippen LogP) is 5.84. The van der Waals surface area contributed by atoms with E-state index >= 15 is 0 Å². The van der Waals surface area contributed by atoms with Gasteiger partial charge in [-0.15, -0.1) is 0 Å². The molecule has 7 nitrogen and oxygen atoms in total. The Morgan fingerprint density at radius 1 is 1.11 bits per heavy atom. The number of hydrogen-bond donors (Lipinski definition) is 1. The molecule has 0 spiro atoms. The van der Waals surface area contributed by atoms with Gasteiger partial charge < -0.3 is 24.7 Å². The number of esters is 1. The number of allylic oxidation sites excluding steroid dienone is 1. The molecule has 0 amide bonds. The van der Waals surface area contributed by atoms with Crippen LogP contribution in [0, 0.1) is 11.3 Å². The van der Waals surface area contributed by atoms with Crippen LogP contribution in [0.1, 0.15) is 34.3 Å². The molecular weight excluding hydrogens is 491 g/mol. The van der Waals surface area contributed by atoms with Crippen LogP contribution in [0.5, 0.6) is 23.0 Å². The molecule has 0 saturated heterocycles. The minimum atomic E-state index is -0.672. The van der Waals surface area contributed by atoms with E-state index in [0.29, 0.717) is 23.7 Å². The largest absolute Gasteiger partial charge is 0.494 e. The van der Waals surface area contributed by atoms with Gasteiger partial charge >= 0.3 is 5.97 Å². The SMILES string of the molecule is CCOc1cccc(C2C(C#N)=C(N)Oc3cc(OC(=O)c4cc(Cl)c(OC)c(Cl)c4)ccc32)c1. The van der Waals surface area contributed by atoms with Crippen LogP contribution in [-0.2, 0) is 0 Å². The van der Waals surface area contributed by atoms with E-state index in [1.165, 1.54) is 19.2 Å². The Morgan fingerprint density at radius 2 is 1.86 bits per heavy atom. The van der Waals surface area contributed by atoms with Crippen LogP contribution in [-0.4, -0.2) is 19.7 Å². The summed E-state index contributed by atoms with van der Waals surface area (Å²) in [6.07, 6.45) is 0. The summed E-state index contributed by atoms with van der Waals surface area (Å²) in [4.78, 5) is 12.7. The van der Waals surface area contributed by atoms with Crippen LogP contribution >= 0.6 is 23.2 Å². The Balaban J connectivity index is 1.67. The molecule has 2 N–H and O–H groups in total. The quantitative estimate of drug-likeness (QED) is 0.328. The molecule has 35 heavy (non-hydrogen) atoms. The molecule has 178 valence electrons. The molecule has 1 atom stereocenters. The van der Waals surface area contributed by atoms with E-state index in [0.717, 1.165) is 5.56 Å². The molecule has 0 bridgehead atoms. The number of nitrogens with zero attached hydrogens (tertiary/aromatic N) is 1. The van der Waals surface area contributed by atoms with Crippen LogP contribution in [0.15, 0.2) is 66.1 Å². The van der Waals surface area contributed by atoms with Gasteiger partial charge in [0, 0.05) is 11.6 Å². The lowest BCUT2D eigenvalue weighted by atomic mass is 9.83. The average molecular weight is 511 g/mol. The number of hydrogen-bond acceptors (Lipinski definition) is 7. The lowest BCUT2D eigenvalue weighted by Gasteiger charge is -2.27. The minimum Gasteiger partial charge on any atom is -0.494 e. The van der Waals surface area contributed by atoms with Crippen LogP contribution in [0.25, 0.3) is 0 Å². The monoisotopic (exact) mass is 510 g/mol. The van der Waals surface area contributed by atoms with Crippen molar-refractivity contribution in [2.75, 3.05) is 13.7 Å². The number of nitriles is 1. The Morgan fingerprint density at radius 3 is 2.51 bits per heavy atom. The number of ether oxygens (including phenoxy) is 4. The van der Waals surface area contributed by atoms with E-state index in [9.17, 15) is 10.1 Å². The van der Waals surface area contributed by atoms with Gasteiger partial charge in [-0.25, -0.2) is 4.79 Å². The molecule has 0 aliphatic carbocycles. The average Bonchev–Trinajstić information content (AvgIpc) is 2.83. The molecule has 3 aromatic carbocycles. The standard InChI is InChI=1S/C26H20Cl2N2O5/c1-3-33-16-6-4-5-14(9-16)23-18-8-7-17(12-22(18)35-25(30)19(23)13-29)34-26(31)15-10-20(27)24(32-2)21(28)11-15/h4-12,23H,3,30H2,1-2H3. The normalized spacial score (nSPS) is 14.4. The molecular formula is C26H20Cl2N2O5. The number of carbonyl (C=O) groups is 1. The number of methoxy groups -OCH3 is 1. The highest BCUT2D eigenvalue weighted by atomic mass is 35.5. The predicted molar refractivity (Wildman–Crippen MR) is 131 cm³/mol. The summed E-state index contributed by atoms with van der Waals surface area (Å²) in [6.45, 7) is 2.40. The molecule has 1 aliphatic rings. The zero-order chi connectivity index (χ0) is 25.1. The van der Waals surface area contributed by atoms with Gasteiger partial charge in [0.1, 0.15) is 28.9 Å². The number of rotatable bonds is 6. The Kier molecular flexibility index (Phi) is 7.06. The van der Waals surface area contributed by atoms with E-state index in [4.69, 9.17) is 47.9 Å². The lowest BCUT2D eigenvalue weighted by molar-refractivity contribution is 0.0734. The number of carbonyl (C=O) groups excluding carboxylic acids is 1. The van der Waals surface area contributed by atoms with Crippen molar-refractivity contribution >= 4 is 29.2 Å². The van der Waals surface area contributed by atoms with Crippen molar-refractivity contribution < 1.29 is 23.7 Å². The molecule has 1 unspecified atom stereocenters. The summed E-state index contributed by atoms with van der Waals surface area (Å²) >= 11 is 12.3. The molecule has 0 fully saturated rings. The van der Waals surface area contributed by atoms with Gasteiger partial charge in [0.15, 0.2) is 5.75 Å². The van der Waals surface area contributed by atoms with E-state index in [-0.39, 0.29) is 38.6 Å². The molecule has 0 aromatic heterocycles. The first-order valence-corrected chi connectivity index (χ1v) is 11.3. The Hall–Kier alpha value is -3.86. The highest BCUT2D eigenvalue weighted by Crippen LogP contribution is 2.44. The van der Waals surface area contributed by atoms with Crippen molar-refractivity contribution in [3.63, 3.8) is 0 Å². The first-order chi connectivity index (χ1) is 16.9. The van der Waals surface area contributed by atoms with Crippen molar-refractivity contribution in [3.8, 4) is 29.1 Å². The van der Waals surface area contributed by atoms with Gasteiger partial charge in [-0.05, 0) is 42.8 Å². The number of halogens is 2. The molecule has 4 rings (SSSR count). The topological polar surface area (TPSA) is 104 Å². The maximum absolute atomic E-state index is 12.7. The van der Waals surface area contributed by atoms with Gasteiger partial charge in [0.05, 0.1) is 35.2 Å². The summed E-state index contributed by atoms with van der Waals surface area (Å²) in [5.41, 5.74) is 8.02. The number of fused-ring (bicyclic) bond motifs is 1. The first-order valence-electron chi connectivity index (χ1n) is 10.6. The van der Waals surface area contributed by atoms with Crippen LogP contribution in [0.4, 0.5) is 0 Å². The fourth-order valence-electron chi connectivity index (χ4n) is 3.83. The summed E-state index contributed by atoms with van der Waals surface area (Å²) in [5, 5.41) is 10.1. The summed E-state index contributed by atoms with van der Waals surface area (Å²) in [6, 6.07) is 17.3.